The first kappa shape index (κ1) is 13.3. The highest BCUT2D eigenvalue weighted by molar-refractivity contribution is 6.31. The van der Waals surface area contributed by atoms with Crippen LogP contribution in [-0.4, -0.2) is 13.7 Å². The number of nitrogens with one attached hydrogen (secondary N) is 1. The Bertz CT molecular complexity index is 639. The SMILES string of the molecule is COc1cc(Cl)c(C)cc1NCC1Cc2ccccc21. The Morgan fingerprint density at radius 2 is 2.10 bits per heavy atom. The van der Waals surface area contributed by atoms with Crippen LogP contribution in [0.3, 0.4) is 0 Å². The Kier molecular flexibility index (Phi) is 3.58. The lowest BCUT2D eigenvalue weighted by atomic mass is 9.77. The Morgan fingerprint density at radius 1 is 1.30 bits per heavy atom. The smallest absolute Gasteiger partial charge is 0.143 e. The molecule has 0 aromatic heterocycles. The molecule has 20 heavy (non-hydrogen) atoms. The molecule has 2 nitrogen and oxygen atoms in total. The summed E-state index contributed by atoms with van der Waals surface area (Å²) in [6.45, 7) is 2.93. The van der Waals surface area contributed by atoms with Crippen LogP contribution in [0.15, 0.2) is 36.4 Å². The van der Waals surface area contributed by atoms with Gasteiger partial charge in [-0.2, -0.15) is 0 Å². The van der Waals surface area contributed by atoms with Gasteiger partial charge < -0.3 is 10.1 Å². The lowest BCUT2D eigenvalue weighted by Crippen LogP contribution is -2.24. The topological polar surface area (TPSA) is 21.3 Å². The molecule has 0 saturated heterocycles. The van der Waals surface area contributed by atoms with Gasteiger partial charge in [0.05, 0.1) is 12.8 Å². The summed E-state index contributed by atoms with van der Waals surface area (Å²) in [5, 5.41) is 4.23. The molecule has 1 aliphatic rings. The van der Waals surface area contributed by atoms with Gasteiger partial charge in [-0.15, -0.1) is 0 Å². The van der Waals surface area contributed by atoms with Gasteiger partial charge in [-0.3, -0.25) is 0 Å². The molecule has 0 aliphatic heterocycles. The molecule has 0 saturated carbocycles. The van der Waals surface area contributed by atoms with Crippen LogP contribution < -0.4 is 10.1 Å². The Morgan fingerprint density at radius 3 is 2.85 bits per heavy atom. The highest BCUT2D eigenvalue weighted by Gasteiger charge is 2.25. The zero-order valence-corrected chi connectivity index (χ0v) is 12.5. The Hall–Kier alpha value is -1.67. The fraction of sp³-hybridized carbons (Fsp3) is 0.294. The number of hydrogen-bond acceptors (Lipinski definition) is 2. The number of halogens is 1. The number of rotatable bonds is 4. The fourth-order valence-electron chi connectivity index (χ4n) is 2.75. The standard InChI is InChI=1S/C17H18ClNO/c1-11-7-16(17(20-2)9-15(11)18)19-10-13-8-12-5-3-4-6-14(12)13/h3-7,9,13,19H,8,10H2,1-2H3. The lowest BCUT2D eigenvalue weighted by Gasteiger charge is -2.30. The third-order valence-electron chi connectivity index (χ3n) is 3.98. The van der Waals surface area contributed by atoms with E-state index in [2.05, 4.69) is 29.6 Å². The number of anilines is 1. The molecular weight excluding hydrogens is 270 g/mol. The summed E-state index contributed by atoms with van der Waals surface area (Å²) < 4.78 is 5.39. The molecule has 1 atom stereocenters. The summed E-state index contributed by atoms with van der Waals surface area (Å²) >= 11 is 6.12. The minimum Gasteiger partial charge on any atom is -0.495 e. The first-order valence-corrected chi connectivity index (χ1v) is 7.22. The number of methoxy groups -OCH3 is 1. The summed E-state index contributed by atoms with van der Waals surface area (Å²) in [6.07, 6.45) is 1.15. The van der Waals surface area contributed by atoms with Crippen LogP contribution >= 0.6 is 11.6 Å². The molecular formula is C17H18ClNO. The van der Waals surface area contributed by atoms with Crippen LogP contribution in [0.4, 0.5) is 5.69 Å². The van der Waals surface area contributed by atoms with E-state index in [9.17, 15) is 0 Å². The third-order valence-corrected chi connectivity index (χ3v) is 4.39. The molecule has 0 spiro atoms. The molecule has 0 radical (unpaired) electrons. The predicted molar refractivity (Wildman–Crippen MR) is 84.1 cm³/mol. The normalized spacial score (nSPS) is 16.2. The summed E-state index contributed by atoms with van der Waals surface area (Å²) in [6, 6.07) is 12.6. The van der Waals surface area contributed by atoms with Crippen molar-refractivity contribution in [1.29, 1.82) is 0 Å². The van der Waals surface area contributed by atoms with Crippen molar-refractivity contribution in [2.75, 3.05) is 19.0 Å². The second kappa shape index (κ2) is 5.37. The molecule has 1 N–H and O–H groups in total. The van der Waals surface area contributed by atoms with Gasteiger partial charge in [0.2, 0.25) is 0 Å². The Balaban J connectivity index is 1.72. The molecule has 1 aliphatic carbocycles. The summed E-state index contributed by atoms with van der Waals surface area (Å²) in [4.78, 5) is 0. The highest BCUT2D eigenvalue weighted by atomic mass is 35.5. The van der Waals surface area contributed by atoms with E-state index in [1.165, 1.54) is 11.1 Å². The van der Waals surface area contributed by atoms with Gasteiger partial charge in [0.25, 0.3) is 0 Å². The number of aryl methyl sites for hydroxylation is 1. The van der Waals surface area contributed by atoms with E-state index in [1.807, 2.05) is 19.1 Å². The molecule has 3 heteroatoms. The predicted octanol–water partition coefficient (Wildman–Crippen LogP) is 4.41. The second-order valence-electron chi connectivity index (χ2n) is 5.28. The van der Waals surface area contributed by atoms with Crippen LogP contribution in [0, 0.1) is 6.92 Å². The van der Waals surface area contributed by atoms with E-state index < -0.39 is 0 Å². The first-order chi connectivity index (χ1) is 9.69. The Labute approximate surface area is 124 Å². The van der Waals surface area contributed by atoms with E-state index in [4.69, 9.17) is 16.3 Å². The number of benzene rings is 2. The van der Waals surface area contributed by atoms with Crippen molar-refractivity contribution >= 4 is 17.3 Å². The van der Waals surface area contributed by atoms with Crippen molar-refractivity contribution < 1.29 is 4.74 Å². The van der Waals surface area contributed by atoms with Gasteiger partial charge in [0.15, 0.2) is 0 Å². The first-order valence-electron chi connectivity index (χ1n) is 6.85. The van der Waals surface area contributed by atoms with E-state index in [0.717, 1.165) is 35.0 Å². The fourth-order valence-corrected chi connectivity index (χ4v) is 2.90. The molecule has 0 bridgehead atoms. The third kappa shape index (κ3) is 2.36. The van der Waals surface area contributed by atoms with Gasteiger partial charge >= 0.3 is 0 Å². The zero-order chi connectivity index (χ0) is 14.1. The summed E-state index contributed by atoms with van der Waals surface area (Å²) in [7, 11) is 1.67. The maximum atomic E-state index is 6.12. The molecule has 0 heterocycles. The van der Waals surface area contributed by atoms with Gasteiger partial charge in [0.1, 0.15) is 5.75 Å². The number of fused-ring (bicyclic) bond motifs is 1. The van der Waals surface area contributed by atoms with Crippen molar-refractivity contribution in [3.63, 3.8) is 0 Å². The van der Waals surface area contributed by atoms with E-state index in [0.29, 0.717) is 5.92 Å². The minimum absolute atomic E-state index is 0.590. The number of ether oxygens (including phenoxy) is 1. The van der Waals surface area contributed by atoms with Crippen LogP contribution in [0.25, 0.3) is 0 Å². The molecule has 3 rings (SSSR count). The van der Waals surface area contributed by atoms with Crippen molar-refractivity contribution in [3.8, 4) is 5.75 Å². The molecule has 104 valence electrons. The van der Waals surface area contributed by atoms with Crippen LogP contribution in [0.1, 0.15) is 22.6 Å². The highest BCUT2D eigenvalue weighted by Crippen LogP contribution is 2.36. The largest absolute Gasteiger partial charge is 0.495 e. The quantitative estimate of drug-likeness (QED) is 0.899. The van der Waals surface area contributed by atoms with Crippen LogP contribution in [0.2, 0.25) is 5.02 Å². The maximum Gasteiger partial charge on any atom is 0.143 e. The molecule has 1 unspecified atom stereocenters. The van der Waals surface area contributed by atoms with Crippen LogP contribution in [0.5, 0.6) is 5.75 Å². The zero-order valence-electron chi connectivity index (χ0n) is 11.7. The van der Waals surface area contributed by atoms with Gasteiger partial charge in [-0.05, 0) is 36.1 Å². The van der Waals surface area contributed by atoms with Crippen molar-refractivity contribution in [2.45, 2.75) is 19.3 Å². The maximum absolute atomic E-state index is 6.12. The average molecular weight is 288 g/mol. The molecule has 0 fully saturated rings. The lowest BCUT2D eigenvalue weighted by molar-refractivity contribution is 0.416. The number of hydrogen-bond donors (Lipinski definition) is 1. The minimum atomic E-state index is 0.590. The van der Waals surface area contributed by atoms with Crippen molar-refractivity contribution in [1.82, 2.24) is 0 Å². The molecule has 0 amide bonds. The average Bonchev–Trinajstić information content (AvgIpc) is 2.43. The van der Waals surface area contributed by atoms with Crippen molar-refractivity contribution in [3.05, 3.63) is 58.1 Å². The van der Waals surface area contributed by atoms with E-state index in [-0.39, 0.29) is 0 Å². The van der Waals surface area contributed by atoms with Crippen LogP contribution in [-0.2, 0) is 6.42 Å². The van der Waals surface area contributed by atoms with Gasteiger partial charge in [-0.1, -0.05) is 35.9 Å². The van der Waals surface area contributed by atoms with Crippen molar-refractivity contribution in [2.24, 2.45) is 0 Å². The summed E-state index contributed by atoms with van der Waals surface area (Å²) in [5.41, 5.74) is 5.01. The van der Waals surface area contributed by atoms with E-state index >= 15 is 0 Å². The molecule has 2 aromatic rings. The van der Waals surface area contributed by atoms with Gasteiger partial charge in [0, 0.05) is 23.6 Å². The summed E-state index contributed by atoms with van der Waals surface area (Å²) in [5.74, 6) is 1.39. The van der Waals surface area contributed by atoms with E-state index in [1.54, 1.807) is 7.11 Å². The monoisotopic (exact) mass is 287 g/mol. The second-order valence-corrected chi connectivity index (χ2v) is 5.69. The molecule has 2 aromatic carbocycles. The van der Waals surface area contributed by atoms with Gasteiger partial charge in [-0.25, -0.2) is 0 Å².